The number of imidazole rings is 1. The summed E-state index contributed by atoms with van der Waals surface area (Å²) in [4.78, 5) is 54.8. The predicted molar refractivity (Wildman–Crippen MR) is 136 cm³/mol. The number of benzene rings is 1. The smallest absolute Gasteiger partial charge is 0.261 e. The number of amides is 2. The molecule has 1 unspecified atom stereocenters. The normalized spacial score (nSPS) is 18.2. The molecule has 0 saturated heterocycles. The fraction of sp³-hybridized carbons (Fsp3) is 0.0714. The number of Topliss-reactive ketones (excluding diaryl/α,β-unsaturated/α-hetero) is 1. The van der Waals surface area contributed by atoms with E-state index in [9.17, 15) is 14.4 Å². The summed E-state index contributed by atoms with van der Waals surface area (Å²) < 4.78 is 1.77. The van der Waals surface area contributed by atoms with Gasteiger partial charge in [0.2, 0.25) is 5.78 Å². The number of nitrogens with zero attached hydrogens (tertiary/aromatic N) is 5. The summed E-state index contributed by atoms with van der Waals surface area (Å²) >= 11 is 0. The van der Waals surface area contributed by atoms with Crippen molar-refractivity contribution in [3.8, 4) is 0 Å². The summed E-state index contributed by atoms with van der Waals surface area (Å²) in [7, 11) is 0. The van der Waals surface area contributed by atoms with Crippen LogP contribution in [0.25, 0.3) is 11.2 Å². The van der Waals surface area contributed by atoms with Crippen molar-refractivity contribution in [1.82, 2.24) is 19.7 Å². The third kappa shape index (κ3) is 3.10. The van der Waals surface area contributed by atoms with Crippen molar-refractivity contribution >= 4 is 40.2 Å². The molecule has 3 aromatic heterocycles. The van der Waals surface area contributed by atoms with E-state index in [-0.39, 0.29) is 16.9 Å². The SMILES string of the molecule is O=C1NC(=O)C(c2cnc3ccccn23)=C1C1=NC=CN2c3c(cccc31)CC2C(=O)c1ccccn1. The van der Waals surface area contributed by atoms with Crippen LogP contribution in [0.1, 0.15) is 27.3 Å². The fourth-order valence-electron chi connectivity index (χ4n) is 5.28. The summed E-state index contributed by atoms with van der Waals surface area (Å²) in [6, 6.07) is 16.0. The number of carbonyl (C=O) groups is 3. The first-order chi connectivity index (χ1) is 18.1. The Morgan fingerprint density at radius 1 is 0.946 bits per heavy atom. The molecule has 0 spiro atoms. The Morgan fingerprint density at radius 2 is 1.81 bits per heavy atom. The highest BCUT2D eigenvalue weighted by Gasteiger charge is 2.41. The van der Waals surface area contributed by atoms with Crippen molar-refractivity contribution < 1.29 is 14.4 Å². The molecule has 0 radical (unpaired) electrons. The van der Waals surface area contributed by atoms with Crippen LogP contribution in [0.2, 0.25) is 0 Å². The van der Waals surface area contributed by atoms with Crippen LogP contribution < -0.4 is 10.2 Å². The number of aliphatic imine (C=N–C) groups is 1. The van der Waals surface area contributed by atoms with E-state index in [4.69, 9.17) is 0 Å². The zero-order valence-corrected chi connectivity index (χ0v) is 19.3. The van der Waals surface area contributed by atoms with E-state index < -0.39 is 17.9 Å². The van der Waals surface area contributed by atoms with Crippen LogP contribution in [0.3, 0.4) is 0 Å². The lowest BCUT2D eigenvalue weighted by molar-refractivity contribution is -0.123. The second-order valence-electron chi connectivity index (χ2n) is 8.90. The summed E-state index contributed by atoms with van der Waals surface area (Å²) in [5.74, 6) is -1.13. The van der Waals surface area contributed by atoms with E-state index in [1.807, 2.05) is 41.3 Å². The van der Waals surface area contributed by atoms with Crippen LogP contribution in [0.4, 0.5) is 5.69 Å². The lowest BCUT2D eigenvalue weighted by Crippen LogP contribution is -2.35. The van der Waals surface area contributed by atoms with Gasteiger partial charge in [-0.3, -0.25) is 34.1 Å². The molecular formula is C28H18N6O3. The number of ketones is 1. The lowest BCUT2D eigenvalue weighted by atomic mass is 9.94. The monoisotopic (exact) mass is 486 g/mol. The second kappa shape index (κ2) is 7.92. The number of carbonyl (C=O) groups excluding carboxylic acids is 3. The van der Waals surface area contributed by atoms with Crippen molar-refractivity contribution in [3.63, 3.8) is 0 Å². The van der Waals surface area contributed by atoms with E-state index in [0.29, 0.717) is 34.7 Å². The van der Waals surface area contributed by atoms with Gasteiger partial charge in [0, 0.05) is 36.8 Å². The van der Waals surface area contributed by atoms with Crippen molar-refractivity contribution in [1.29, 1.82) is 0 Å². The zero-order chi connectivity index (χ0) is 25.1. The van der Waals surface area contributed by atoms with Gasteiger partial charge in [0.25, 0.3) is 11.8 Å². The molecule has 6 heterocycles. The second-order valence-corrected chi connectivity index (χ2v) is 8.90. The van der Waals surface area contributed by atoms with E-state index in [2.05, 4.69) is 20.3 Å². The average molecular weight is 486 g/mol. The fourth-order valence-corrected chi connectivity index (χ4v) is 5.28. The number of rotatable bonds is 4. The lowest BCUT2D eigenvalue weighted by Gasteiger charge is -2.23. The quantitative estimate of drug-likeness (QED) is 0.351. The Kier molecular flexibility index (Phi) is 4.52. The van der Waals surface area contributed by atoms with Crippen LogP contribution in [-0.2, 0) is 16.0 Å². The first-order valence-corrected chi connectivity index (χ1v) is 11.7. The van der Waals surface area contributed by atoms with Gasteiger partial charge in [-0.15, -0.1) is 0 Å². The van der Waals surface area contributed by atoms with Gasteiger partial charge in [0.15, 0.2) is 0 Å². The van der Waals surface area contributed by atoms with Crippen LogP contribution in [-0.4, -0.2) is 43.7 Å². The van der Waals surface area contributed by atoms with Crippen molar-refractivity contribution in [2.75, 3.05) is 4.90 Å². The van der Waals surface area contributed by atoms with E-state index in [1.165, 1.54) is 0 Å². The maximum atomic E-state index is 13.4. The Hall–Kier alpha value is -5.18. The maximum absolute atomic E-state index is 13.4. The number of imide groups is 1. The maximum Gasteiger partial charge on any atom is 0.261 e. The summed E-state index contributed by atoms with van der Waals surface area (Å²) in [6.45, 7) is 0. The first kappa shape index (κ1) is 21.1. The van der Waals surface area contributed by atoms with E-state index in [0.717, 1.165) is 11.3 Å². The number of pyridine rings is 2. The van der Waals surface area contributed by atoms with Gasteiger partial charge in [0.05, 0.1) is 34.4 Å². The summed E-state index contributed by atoms with van der Waals surface area (Å²) in [5, 5.41) is 2.43. The third-order valence-electron chi connectivity index (χ3n) is 6.87. The topological polar surface area (TPSA) is 109 Å². The summed E-state index contributed by atoms with van der Waals surface area (Å²) in [5.41, 5.74) is 4.71. The average Bonchev–Trinajstić information content (AvgIpc) is 3.55. The van der Waals surface area contributed by atoms with E-state index in [1.54, 1.807) is 53.6 Å². The van der Waals surface area contributed by atoms with Crippen LogP contribution >= 0.6 is 0 Å². The highest BCUT2D eigenvalue weighted by atomic mass is 16.2. The minimum Gasteiger partial charge on any atom is -0.334 e. The van der Waals surface area contributed by atoms with Gasteiger partial charge in [-0.05, 0) is 29.8 Å². The van der Waals surface area contributed by atoms with E-state index >= 15 is 0 Å². The van der Waals surface area contributed by atoms with Crippen molar-refractivity contribution in [3.05, 3.63) is 114 Å². The zero-order valence-electron chi connectivity index (χ0n) is 19.3. The van der Waals surface area contributed by atoms with Crippen molar-refractivity contribution in [2.45, 2.75) is 12.5 Å². The Balaban J connectivity index is 1.39. The standard InChI is InChI=1S/C28H18N6O3/c35-26(18-8-1-3-10-29-18)19-14-16-6-5-7-17-24(30-11-13-34(19)25(16)17)23-22(27(36)32-28(23)37)20-15-31-21-9-2-4-12-33(20)21/h1-13,15,19H,14H2,(H,32,36,37). The van der Waals surface area contributed by atoms with Crippen LogP contribution in [0.15, 0.2) is 96.2 Å². The minimum absolute atomic E-state index is 0.102. The molecule has 3 aliphatic heterocycles. The number of nitrogens with one attached hydrogen (secondary N) is 1. The molecule has 9 heteroatoms. The molecule has 1 atom stereocenters. The van der Waals surface area contributed by atoms with Gasteiger partial charge in [-0.2, -0.15) is 0 Å². The molecule has 1 aromatic carbocycles. The predicted octanol–water partition coefficient (Wildman–Crippen LogP) is 2.73. The van der Waals surface area contributed by atoms with Gasteiger partial charge in [0.1, 0.15) is 17.4 Å². The molecule has 0 aliphatic carbocycles. The molecule has 0 bridgehead atoms. The number of anilines is 1. The summed E-state index contributed by atoms with van der Waals surface area (Å²) in [6.07, 6.45) is 8.78. The number of para-hydroxylation sites is 1. The van der Waals surface area contributed by atoms with Crippen LogP contribution in [0, 0.1) is 0 Å². The highest BCUT2D eigenvalue weighted by molar-refractivity contribution is 6.47. The molecular weight excluding hydrogens is 468 g/mol. The molecule has 2 amide bonds. The number of hydrogen-bond donors (Lipinski definition) is 1. The van der Waals surface area contributed by atoms with Gasteiger partial charge < -0.3 is 4.90 Å². The Labute approximate surface area is 210 Å². The minimum atomic E-state index is -0.525. The molecule has 178 valence electrons. The molecule has 0 saturated carbocycles. The van der Waals surface area contributed by atoms with Gasteiger partial charge >= 0.3 is 0 Å². The first-order valence-electron chi connectivity index (χ1n) is 11.7. The Morgan fingerprint density at radius 3 is 2.68 bits per heavy atom. The number of hydrogen-bond acceptors (Lipinski definition) is 7. The molecule has 0 fully saturated rings. The molecule has 37 heavy (non-hydrogen) atoms. The third-order valence-corrected chi connectivity index (χ3v) is 6.87. The molecule has 9 nitrogen and oxygen atoms in total. The number of fused-ring (bicyclic) bond motifs is 1. The van der Waals surface area contributed by atoms with Gasteiger partial charge in [-0.1, -0.05) is 30.3 Å². The Bertz CT molecular complexity index is 1750. The highest BCUT2D eigenvalue weighted by Crippen LogP contribution is 2.40. The van der Waals surface area contributed by atoms with Gasteiger partial charge in [-0.25, -0.2) is 4.98 Å². The molecule has 3 aliphatic rings. The molecule has 1 N–H and O–H groups in total. The number of aromatic nitrogens is 3. The molecule has 4 aromatic rings. The van der Waals surface area contributed by atoms with Crippen LogP contribution in [0.5, 0.6) is 0 Å². The van der Waals surface area contributed by atoms with Crippen molar-refractivity contribution in [2.24, 2.45) is 4.99 Å². The molecule has 7 rings (SSSR count). The largest absolute Gasteiger partial charge is 0.334 e.